The van der Waals surface area contributed by atoms with Gasteiger partial charge in [0.15, 0.2) is 0 Å². The number of carbonyl (C=O) groups is 1. The van der Waals surface area contributed by atoms with Crippen LogP contribution in [0.4, 0.5) is 0 Å². The van der Waals surface area contributed by atoms with Crippen LogP contribution in [-0.4, -0.2) is 13.1 Å². The quantitative estimate of drug-likeness (QED) is 0.607. The van der Waals surface area contributed by atoms with Crippen LogP contribution < -0.4 is 0 Å². The Hall–Kier alpha value is -0.530. The van der Waals surface area contributed by atoms with E-state index in [1.807, 2.05) is 0 Å². The zero-order valence-electron chi connectivity index (χ0n) is 8.39. The fourth-order valence-electron chi connectivity index (χ4n) is 2.07. The Balaban J connectivity index is 2.60. The molecule has 1 aliphatic carbocycles. The van der Waals surface area contributed by atoms with E-state index in [4.69, 9.17) is 4.74 Å². The minimum atomic E-state index is -0.122. The predicted octanol–water partition coefficient (Wildman–Crippen LogP) is 2.23. The molecule has 0 aromatic heterocycles. The second kappa shape index (κ2) is 3.08. The lowest BCUT2D eigenvalue weighted by Crippen LogP contribution is -2.21. The van der Waals surface area contributed by atoms with Crippen molar-refractivity contribution < 1.29 is 9.53 Å². The van der Waals surface area contributed by atoms with Gasteiger partial charge in [0.2, 0.25) is 0 Å². The molecule has 0 aliphatic heterocycles. The van der Waals surface area contributed by atoms with Gasteiger partial charge >= 0.3 is 5.97 Å². The van der Waals surface area contributed by atoms with Crippen LogP contribution in [0.15, 0.2) is 0 Å². The monoisotopic (exact) mass is 170 g/mol. The van der Waals surface area contributed by atoms with Crippen LogP contribution in [0.25, 0.3) is 0 Å². The summed E-state index contributed by atoms with van der Waals surface area (Å²) < 4.78 is 4.81. The van der Waals surface area contributed by atoms with E-state index in [1.54, 1.807) is 0 Å². The third kappa shape index (κ3) is 1.47. The van der Waals surface area contributed by atoms with E-state index in [2.05, 4.69) is 20.8 Å². The SMILES string of the molecule is COC(=O)C1(CC(C)C)CC1C. The van der Waals surface area contributed by atoms with Crippen molar-refractivity contribution in [3.8, 4) is 0 Å². The van der Waals surface area contributed by atoms with Crippen molar-refractivity contribution in [1.29, 1.82) is 0 Å². The van der Waals surface area contributed by atoms with Crippen molar-refractivity contribution in [3.05, 3.63) is 0 Å². The van der Waals surface area contributed by atoms with Crippen LogP contribution in [0.1, 0.15) is 33.6 Å². The summed E-state index contributed by atoms with van der Waals surface area (Å²) in [6, 6.07) is 0. The second-order valence-corrected chi connectivity index (χ2v) is 4.35. The number of ether oxygens (including phenoxy) is 1. The van der Waals surface area contributed by atoms with E-state index in [1.165, 1.54) is 7.11 Å². The van der Waals surface area contributed by atoms with Crippen molar-refractivity contribution in [2.75, 3.05) is 7.11 Å². The van der Waals surface area contributed by atoms with Gasteiger partial charge in [-0.3, -0.25) is 4.79 Å². The maximum absolute atomic E-state index is 11.4. The minimum absolute atomic E-state index is 0.0105. The summed E-state index contributed by atoms with van der Waals surface area (Å²) >= 11 is 0. The predicted molar refractivity (Wildman–Crippen MR) is 47.7 cm³/mol. The third-order valence-electron chi connectivity index (χ3n) is 2.82. The standard InChI is InChI=1S/C10H18O2/c1-7(2)5-10(6-8(10)3)9(11)12-4/h7-8H,5-6H2,1-4H3. The molecule has 1 rings (SSSR count). The molecule has 0 heterocycles. The molecule has 2 heteroatoms. The molecule has 1 aliphatic rings. The summed E-state index contributed by atoms with van der Waals surface area (Å²) in [5.74, 6) is 1.09. The zero-order valence-corrected chi connectivity index (χ0v) is 8.39. The first-order chi connectivity index (χ1) is 5.53. The molecule has 2 unspecified atom stereocenters. The van der Waals surface area contributed by atoms with Crippen LogP contribution in [-0.2, 0) is 9.53 Å². The Kier molecular flexibility index (Phi) is 2.45. The molecule has 0 aromatic rings. The molecule has 70 valence electrons. The highest BCUT2D eigenvalue weighted by molar-refractivity contribution is 5.80. The zero-order chi connectivity index (χ0) is 9.35. The first-order valence-corrected chi connectivity index (χ1v) is 4.61. The summed E-state index contributed by atoms with van der Waals surface area (Å²) in [5, 5.41) is 0. The normalized spacial score (nSPS) is 33.6. The molecule has 1 fully saturated rings. The van der Waals surface area contributed by atoms with E-state index in [9.17, 15) is 4.79 Å². The van der Waals surface area contributed by atoms with Gasteiger partial charge in [0.25, 0.3) is 0 Å². The summed E-state index contributed by atoms with van der Waals surface area (Å²) in [5.41, 5.74) is -0.122. The highest BCUT2D eigenvalue weighted by Gasteiger charge is 2.58. The Morgan fingerprint density at radius 1 is 1.67 bits per heavy atom. The Labute approximate surface area is 74.3 Å². The van der Waals surface area contributed by atoms with Gasteiger partial charge in [0.1, 0.15) is 0 Å². The number of rotatable bonds is 3. The molecule has 0 bridgehead atoms. The van der Waals surface area contributed by atoms with Crippen LogP contribution >= 0.6 is 0 Å². The lowest BCUT2D eigenvalue weighted by Gasteiger charge is -2.15. The molecule has 0 N–H and O–H groups in total. The van der Waals surface area contributed by atoms with E-state index in [0.717, 1.165) is 12.8 Å². The number of carbonyl (C=O) groups excluding carboxylic acids is 1. The molecule has 0 aromatic carbocycles. The number of hydrogen-bond donors (Lipinski definition) is 0. The summed E-state index contributed by atoms with van der Waals surface area (Å²) in [4.78, 5) is 11.4. The molecular formula is C10H18O2. The summed E-state index contributed by atoms with van der Waals surface area (Å²) in [6.45, 7) is 6.42. The smallest absolute Gasteiger partial charge is 0.312 e. The van der Waals surface area contributed by atoms with Crippen LogP contribution in [0.2, 0.25) is 0 Å². The molecule has 1 saturated carbocycles. The van der Waals surface area contributed by atoms with E-state index in [0.29, 0.717) is 11.8 Å². The third-order valence-corrected chi connectivity index (χ3v) is 2.82. The highest BCUT2D eigenvalue weighted by Crippen LogP contribution is 2.57. The van der Waals surface area contributed by atoms with Gasteiger partial charge in [0, 0.05) is 0 Å². The van der Waals surface area contributed by atoms with Crippen molar-refractivity contribution in [1.82, 2.24) is 0 Å². The Bertz CT molecular complexity index is 186. The lowest BCUT2D eigenvalue weighted by atomic mass is 9.92. The summed E-state index contributed by atoms with van der Waals surface area (Å²) in [7, 11) is 1.48. The number of methoxy groups -OCH3 is 1. The topological polar surface area (TPSA) is 26.3 Å². The molecule has 0 amide bonds. The second-order valence-electron chi connectivity index (χ2n) is 4.35. The van der Waals surface area contributed by atoms with Gasteiger partial charge in [-0.1, -0.05) is 20.8 Å². The molecule has 0 radical (unpaired) electrons. The maximum Gasteiger partial charge on any atom is 0.312 e. The number of hydrogen-bond acceptors (Lipinski definition) is 2. The molecule has 2 atom stereocenters. The van der Waals surface area contributed by atoms with Crippen molar-refractivity contribution in [3.63, 3.8) is 0 Å². The highest BCUT2D eigenvalue weighted by atomic mass is 16.5. The Morgan fingerprint density at radius 3 is 2.42 bits per heavy atom. The Morgan fingerprint density at radius 2 is 2.17 bits per heavy atom. The van der Waals surface area contributed by atoms with Gasteiger partial charge in [-0.25, -0.2) is 0 Å². The molecule has 0 saturated heterocycles. The van der Waals surface area contributed by atoms with Gasteiger partial charge in [-0.2, -0.15) is 0 Å². The largest absolute Gasteiger partial charge is 0.469 e. The van der Waals surface area contributed by atoms with E-state index in [-0.39, 0.29) is 11.4 Å². The van der Waals surface area contributed by atoms with Crippen LogP contribution in [0.5, 0.6) is 0 Å². The first kappa shape index (κ1) is 9.56. The fraction of sp³-hybridized carbons (Fsp3) is 0.900. The molecule has 0 spiro atoms. The van der Waals surface area contributed by atoms with Crippen molar-refractivity contribution >= 4 is 5.97 Å². The maximum atomic E-state index is 11.4. The molecular weight excluding hydrogens is 152 g/mol. The minimum Gasteiger partial charge on any atom is -0.469 e. The fourth-order valence-corrected chi connectivity index (χ4v) is 2.07. The van der Waals surface area contributed by atoms with Gasteiger partial charge in [-0.05, 0) is 24.7 Å². The molecule has 2 nitrogen and oxygen atoms in total. The average molecular weight is 170 g/mol. The van der Waals surface area contributed by atoms with Gasteiger partial charge in [-0.15, -0.1) is 0 Å². The van der Waals surface area contributed by atoms with Gasteiger partial charge in [0.05, 0.1) is 12.5 Å². The average Bonchev–Trinajstić information content (AvgIpc) is 2.60. The molecule has 12 heavy (non-hydrogen) atoms. The van der Waals surface area contributed by atoms with Crippen LogP contribution in [0, 0.1) is 17.3 Å². The lowest BCUT2D eigenvalue weighted by molar-refractivity contribution is -0.148. The van der Waals surface area contributed by atoms with E-state index < -0.39 is 0 Å². The van der Waals surface area contributed by atoms with Crippen LogP contribution in [0.3, 0.4) is 0 Å². The number of esters is 1. The van der Waals surface area contributed by atoms with Gasteiger partial charge < -0.3 is 4.74 Å². The van der Waals surface area contributed by atoms with Crippen molar-refractivity contribution in [2.24, 2.45) is 17.3 Å². The first-order valence-electron chi connectivity index (χ1n) is 4.61. The van der Waals surface area contributed by atoms with E-state index >= 15 is 0 Å². The van der Waals surface area contributed by atoms with Crippen molar-refractivity contribution in [2.45, 2.75) is 33.6 Å². The summed E-state index contributed by atoms with van der Waals surface area (Å²) in [6.07, 6.45) is 1.98.